The van der Waals surface area contributed by atoms with Crippen LogP contribution in [0.2, 0.25) is 0 Å². The van der Waals surface area contributed by atoms with Gasteiger partial charge in [0.05, 0.1) is 26.9 Å². The fraction of sp³-hybridized carbons (Fsp3) is 0.344. The van der Waals surface area contributed by atoms with Gasteiger partial charge in [-0.3, -0.25) is 9.69 Å². The third-order valence-corrected chi connectivity index (χ3v) is 8.69. The number of rotatable bonds is 6. The molecule has 3 aromatic carbocycles. The molecule has 40 heavy (non-hydrogen) atoms. The first-order valence-corrected chi connectivity index (χ1v) is 13.7. The highest BCUT2D eigenvalue weighted by molar-refractivity contribution is 5.94. The van der Waals surface area contributed by atoms with Gasteiger partial charge in [0.15, 0.2) is 0 Å². The van der Waals surface area contributed by atoms with Gasteiger partial charge in [0.1, 0.15) is 17.3 Å². The standard InChI is InChI=1S/C32H34FN3O4/c1-39-23-9-7-21(8-10-23)31(38)35-15-13-32(14-16-35)20-36(18-22-5-3-4-6-26(22)33)28(19-37)30-29(32)25-12-11-24(40-2)17-27(25)34-30/h3-12,17,28,34,37H,13-16,18-20H2,1-2H3. The number of amides is 1. The van der Waals surface area contributed by atoms with E-state index in [1.165, 1.54) is 11.6 Å². The van der Waals surface area contributed by atoms with Gasteiger partial charge < -0.3 is 24.5 Å². The van der Waals surface area contributed by atoms with Crippen LogP contribution in [0.15, 0.2) is 66.7 Å². The third-order valence-electron chi connectivity index (χ3n) is 8.69. The van der Waals surface area contributed by atoms with E-state index >= 15 is 0 Å². The molecule has 2 aliphatic rings. The van der Waals surface area contributed by atoms with Gasteiger partial charge in [-0.05, 0) is 60.9 Å². The Morgan fingerprint density at radius 3 is 2.40 bits per heavy atom. The zero-order valence-corrected chi connectivity index (χ0v) is 22.8. The Kier molecular flexibility index (Phi) is 6.98. The predicted molar refractivity (Wildman–Crippen MR) is 151 cm³/mol. The van der Waals surface area contributed by atoms with Crippen LogP contribution in [0.5, 0.6) is 11.5 Å². The number of fused-ring (bicyclic) bond motifs is 4. The molecule has 4 aromatic rings. The maximum Gasteiger partial charge on any atom is 0.253 e. The summed E-state index contributed by atoms with van der Waals surface area (Å²) >= 11 is 0. The smallest absolute Gasteiger partial charge is 0.253 e. The number of carbonyl (C=O) groups is 1. The molecule has 208 valence electrons. The lowest BCUT2D eigenvalue weighted by Crippen LogP contribution is -2.54. The van der Waals surface area contributed by atoms with Crippen LogP contribution >= 0.6 is 0 Å². The number of aliphatic hydroxyl groups excluding tert-OH is 1. The van der Waals surface area contributed by atoms with E-state index in [-0.39, 0.29) is 29.8 Å². The van der Waals surface area contributed by atoms with Crippen molar-refractivity contribution < 1.29 is 23.8 Å². The van der Waals surface area contributed by atoms with Gasteiger partial charge in [-0.2, -0.15) is 0 Å². The summed E-state index contributed by atoms with van der Waals surface area (Å²) in [5.74, 6) is 1.23. The van der Waals surface area contributed by atoms with Gasteiger partial charge in [-0.15, -0.1) is 0 Å². The average molecular weight is 544 g/mol. The van der Waals surface area contributed by atoms with E-state index in [0.717, 1.165) is 35.2 Å². The molecule has 0 bridgehead atoms. The van der Waals surface area contributed by atoms with Gasteiger partial charge in [-0.1, -0.05) is 18.2 Å². The zero-order valence-electron chi connectivity index (χ0n) is 22.8. The number of halogens is 1. The first-order chi connectivity index (χ1) is 19.5. The van der Waals surface area contributed by atoms with Crippen molar-refractivity contribution in [1.29, 1.82) is 0 Å². The van der Waals surface area contributed by atoms with Crippen LogP contribution in [0.4, 0.5) is 4.39 Å². The minimum atomic E-state index is -0.308. The van der Waals surface area contributed by atoms with E-state index in [0.29, 0.717) is 43.1 Å². The number of aliphatic hydroxyl groups is 1. The summed E-state index contributed by atoms with van der Waals surface area (Å²) in [6.07, 6.45) is 1.51. The van der Waals surface area contributed by atoms with Crippen LogP contribution in [0.1, 0.15) is 46.1 Å². The van der Waals surface area contributed by atoms with Gasteiger partial charge in [0.2, 0.25) is 0 Å². The molecule has 0 saturated carbocycles. The number of hydrogen-bond donors (Lipinski definition) is 2. The van der Waals surface area contributed by atoms with E-state index in [4.69, 9.17) is 9.47 Å². The highest BCUT2D eigenvalue weighted by atomic mass is 19.1. The number of nitrogens with zero attached hydrogens (tertiary/aromatic N) is 2. The quantitative estimate of drug-likeness (QED) is 0.356. The van der Waals surface area contributed by atoms with Gasteiger partial charge >= 0.3 is 0 Å². The lowest BCUT2D eigenvalue weighted by Gasteiger charge is -2.50. The lowest BCUT2D eigenvalue weighted by atomic mass is 9.68. The summed E-state index contributed by atoms with van der Waals surface area (Å²) in [6, 6.07) is 19.8. The molecule has 1 spiro atoms. The second-order valence-electron chi connectivity index (χ2n) is 10.8. The molecule has 7 nitrogen and oxygen atoms in total. The van der Waals surface area contributed by atoms with Crippen LogP contribution in [-0.4, -0.2) is 66.3 Å². The fourth-order valence-electron chi connectivity index (χ4n) is 6.59. The molecule has 1 unspecified atom stereocenters. The topological polar surface area (TPSA) is 78.0 Å². The number of nitrogens with one attached hydrogen (secondary N) is 1. The van der Waals surface area contributed by atoms with Crippen molar-refractivity contribution in [3.8, 4) is 11.5 Å². The molecule has 1 fully saturated rings. The lowest BCUT2D eigenvalue weighted by molar-refractivity contribution is 0.0382. The number of likely N-dealkylation sites (tertiary alicyclic amines) is 1. The predicted octanol–water partition coefficient (Wildman–Crippen LogP) is 5.05. The van der Waals surface area contributed by atoms with Crippen LogP contribution in [0.3, 0.4) is 0 Å². The Morgan fingerprint density at radius 1 is 1.02 bits per heavy atom. The summed E-state index contributed by atoms with van der Waals surface area (Å²) < 4.78 is 25.5. The van der Waals surface area contributed by atoms with Crippen molar-refractivity contribution in [2.45, 2.75) is 30.8 Å². The summed E-state index contributed by atoms with van der Waals surface area (Å²) in [5.41, 5.74) is 4.09. The second kappa shape index (κ2) is 10.6. The number of aromatic nitrogens is 1. The molecular weight excluding hydrogens is 509 g/mol. The number of hydrogen-bond acceptors (Lipinski definition) is 5. The van der Waals surface area contributed by atoms with Crippen LogP contribution < -0.4 is 9.47 Å². The van der Waals surface area contributed by atoms with E-state index in [1.807, 2.05) is 35.2 Å². The molecular formula is C32H34FN3O4. The van der Waals surface area contributed by atoms with E-state index in [9.17, 15) is 14.3 Å². The normalized spacial score (nSPS) is 18.6. The Morgan fingerprint density at radius 2 is 1.73 bits per heavy atom. The molecule has 0 aliphatic carbocycles. The van der Waals surface area contributed by atoms with E-state index in [2.05, 4.69) is 16.0 Å². The second-order valence-corrected chi connectivity index (χ2v) is 10.8. The minimum Gasteiger partial charge on any atom is -0.497 e. The first kappa shape index (κ1) is 26.3. The monoisotopic (exact) mass is 543 g/mol. The number of benzene rings is 3. The Bertz CT molecular complexity index is 1530. The van der Waals surface area contributed by atoms with Crippen molar-refractivity contribution in [1.82, 2.24) is 14.8 Å². The molecule has 2 N–H and O–H groups in total. The summed E-state index contributed by atoms with van der Waals surface area (Å²) in [7, 11) is 3.25. The molecule has 1 atom stereocenters. The molecule has 1 amide bonds. The highest BCUT2D eigenvalue weighted by Gasteiger charge is 2.48. The summed E-state index contributed by atoms with van der Waals surface area (Å²) in [5, 5.41) is 11.7. The molecule has 1 saturated heterocycles. The number of ether oxygens (including phenoxy) is 2. The maximum atomic E-state index is 14.7. The molecule has 3 heterocycles. The molecule has 8 heteroatoms. The Balaban J connectivity index is 1.36. The number of H-pyrrole nitrogens is 1. The van der Waals surface area contributed by atoms with Crippen LogP contribution in [0, 0.1) is 5.82 Å². The van der Waals surface area contributed by atoms with E-state index in [1.54, 1.807) is 38.5 Å². The summed E-state index contributed by atoms with van der Waals surface area (Å²) in [6.45, 7) is 2.15. The van der Waals surface area contributed by atoms with Gasteiger partial charge in [0, 0.05) is 65.4 Å². The van der Waals surface area contributed by atoms with Crippen LogP contribution in [0.25, 0.3) is 10.9 Å². The zero-order chi connectivity index (χ0) is 27.9. The first-order valence-electron chi connectivity index (χ1n) is 13.7. The van der Waals surface area contributed by atoms with Gasteiger partial charge in [0.25, 0.3) is 5.91 Å². The van der Waals surface area contributed by atoms with Crippen molar-refractivity contribution in [3.05, 3.63) is 94.9 Å². The molecule has 6 rings (SSSR count). The largest absolute Gasteiger partial charge is 0.497 e. The van der Waals surface area contributed by atoms with Gasteiger partial charge in [-0.25, -0.2) is 4.39 Å². The summed E-state index contributed by atoms with van der Waals surface area (Å²) in [4.78, 5) is 21.1. The number of aromatic amines is 1. The van der Waals surface area contributed by atoms with Crippen molar-refractivity contribution in [2.75, 3.05) is 40.5 Å². The van der Waals surface area contributed by atoms with Crippen molar-refractivity contribution >= 4 is 16.8 Å². The fourth-order valence-corrected chi connectivity index (χ4v) is 6.59. The Hall–Kier alpha value is -3.88. The SMILES string of the molecule is COc1ccc(C(=O)N2CCC3(CC2)CN(Cc2ccccc2F)C(CO)c2[nH]c4cc(OC)ccc4c23)cc1. The molecule has 1 aromatic heterocycles. The Labute approximate surface area is 233 Å². The number of carbonyl (C=O) groups excluding carboxylic acids is 1. The van der Waals surface area contributed by atoms with Crippen molar-refractivity contribution in [2.24, 2.45) is 0 Å². The molecule has 2 aliphatic heterocycles. The number of methoxy groups -OCH3 is 2. The third kappa shape index (κ3) is 4.51. The minimum absolute atomic E-state index is 0.00801. The molecule has 0 radical (unpaired) electrons. The average Bonchev–Trinajstić information content (AvgIpc) is 3.38. The van der Waals surface area contributed by atoms with Crippen LogP contribution in [-0.2, 0) is 12.0 Å². The maximum absolute atomic E-state index is 14.7. The van der Waals surface area contributed by atoms with E-state index < -0.39 is 0 Å². The number of piperidine rings is 1. The highest BCUT2D eigenvalue weighted by Crippen LogP contribution is 2.49. The van der Waals surface area contributed by atoms with Crippen molar-refractivity contribution in [3.63, 3.8) is 0 Å².